The zero-order valence-corrected chi connectivity index (χ0v) is 8.38. The van der Waals surface area contributed by atoms with E-state index < -0.39 is 5.91 Å². The van der Waals surface area contributed by atoms with Crippen LogP contribution in [-0.2, 0) is 14.3 Å². The summed E-state index contributed by atoms with van der Waals surface area (Å²) in [7, 11) is 7.80. The molecule has 0 spiro atoms. The van der Waals surface area contributed by atoms with E-state index in [2.05, 4.69) is 4.99 Å². The van der Waals surface area contributed by atoms with Gasteiger partial charge in [-0.2, -0.15) is 0 Å². The summed E-state index contributed by atoms with van der Waals surface area (Å²) in [5.41, 5.74) is 0. The standard InChI is InChI=1S/C5H6ClNO3S2/c6-12-11-2-1-10-3-5(9)7-4-8/h1-3H2. The van der Waals surface area contributed by atoms with Crippen molar-refractivity contribution >= 4 is 43.5 Å². The van der Waals surface area contributed by atoms with Crippen LogP contribution in [0.3, 0.4) is 0 Å². The van der Waals surface area contributed by atoms with Crippen LogP contribution in [0.4, 0.5) is 0 Å². The van der Waals surface area contributed by atoms with E-state index in [1.165, 1.54) is 10.8 Å². The summed E-state index contributed by atoms with van der Waals surface area (Å²) in [4.78, 5) is 22.9. The molecule has 0 radical (unpaired) electrons. The zero-order chi connectivity index (χ0) is 9.23. The van der Waals surface area contributed by atoms with Crippen LogP contribution in [0, 0.1) is 0 Å². The maximum absolute atomic E-state index is 10.5. The molecule has 0 N–H and O–H groups in total. The first-order valence-electron chi connectivity index (χ1n) is 2.90. The maximum atomic E-state index is 10.5. The molecule has 0 heterocycles. The SMILES string of the molecule is O=C=NC(=O)COCCSSCl. The third-order valence-electron chi connectivity index (χ3n) is 0.751. The largest absolute Gasteiger partial charge is 0.371 e. The van der Waals surface area contributed by atoms with Gasteiger partial charge in [-0.3, -0.25) is 4.79 Å². The first-order valence-corrected chi connectivity index (χ1v) is 6.04. The number of carbonyl (C=O) groups is 1. The average molecular weight is 228 g/mol. The number of nitrogens with zero attached hydrogens (tertiary/aromatic N) is 1. The topological polar surface area (TPSA) is 55.7 Å². The molecule has 0 aliphatic heterocycles. The van der Waals surface area contributed by atoms with E-state index in [0.29, 0.717) is 12.4 Å². The first-order chi connectivity index (χ1) is 5.81. The van der Waals surface area contributed by atoms with Crippen LogP contribution in [0.5, 0.6) is 0 Å². The average Bonchev–Trinajstić information content (AvgIpc) is 2.05. The van der Waals surface area contributed by atoms with Crippen LogP contribution in [0.15, 0.2) is 4.99 Å². The summed E-state index contributed by atoms with van der Waals surface area (Å²) >= 11 is 0. The van der Waals surface area contributed by atoms with Gasteiger partial charge < -0.3 is 4.74 Å². The van der Waals surface area contributed by atoms with E-state index in [1.54, 1.807) is 0 Å². The van der Waals surface area contributed by atoms with E-state index in [0.717, 1.165) is 16.1 Å². The van der Waals surface area contributed by atoms with Gasteiger partial charge in [-0.15, -0.1) is 4.99 Å². The van der Waals surface area contributed by atoms with Crippen LogP contribution < -0.4 is 0 Å². The molecule has 0 fully saturated rings. The Balaban J connectivity index is 3.19. The lowest BCUT2D eigenvalue weighted by Gasteiger charge is -1.97. The number of halogens is 1. The Morgan fingerprint density at radius 1 is 1.67 bits per heavy atom. The minimum Gasteiger partial charge on any atom is -0.371 e. The lowest BCUT2D eigenvalue weighted by atomic mass is 10.7. The van der Waals surface area contributed by atoms with E-state index in [-0.39, 0.29) is 6.61 Å². The number of ether oxygens (including phenoxy) is 1. The third-order valence-corrected chi connectivity index (χ3v) is 2.74. The number of hydrogen-bond acceptors (Lipinski definition) is 5. The summed E-state index contributed by atoms with van der Waals surface area (Å²) in [6.45, 7) is 0.229. The third kappa shape index (κ3) is 8.10. The van der Waals surface area contributed by atoms with Crippen LogP contribution in [0.2, 0.25) is 0 Å². The Hall–Kier alpha value is -0.000000000000000278. The molecule has 0 rings (SSSR count). The predicted octanol–water partition coefficient (Wildman–Crippen LogP) is 1.40. The van der Waals surface area contributed by atoms with Gasteiger partial charge >= 0.3 is 0 Å². The highest BCUT2D eigenvalue weighted by atomic mass is 35.7. The fraction of sp³-hybridized carbons (Fsp3) is 0.600. The normalized spacial score (nSPS) is 9.08. The molecule has 0 saturated heterocycles. The van der Waals surface area contributed by atoms with Crippen molar-refractivity contribution in [1.29, 1.82) is 0 Å². The summed E-state index contributed by atoms with van der Waals surface area (Å²) < 4.78 is 4.84. The van der Waals surface area contributed by atoms with E-state index in [4.69, 9.17) is 15.4 Å². The van der Waals surface area contributed by atoms with Crippen LogP contribution in [-0.4, -0.2) is 31.0 Å². The minimum absolute atomic E-state index is 0.178. The quantitative estimate of drug-likeness (QED) is 0.297. The number of aliphatic imine (C=N–C) groups is 1. The second kappa shape index (κ2) is 9.09. The molecular weight excluding hydrogens is 222 g/mol. The Kier molecular flexibility index (Phi) is 9.09. The van der Waals surface area contributed by atoms with Gasteiger partial charge in [0, 0.05) is 15.8 Å². The number of carbonyl (C=O) groups excluding carboxylic acids is 2. The second-order valence-electron chi connectivity index (χ2n) is 1.53. The summed E-state index contributed by atoms with van der Waals surface area (Å²) in [6, 6.07) is 0. The molecule has 0 aromatic carbocycles. The lowest BCUT2D eigenvalue weighted by Crippen LogP contribution is -2.07. The summed E-state index contributed by atoms with van der Waals surface area (Å²) in [6.07, 6.45) is 1.13. The van der Waals surface area contributed by atoms with Crippen molar-refractivity contribution < 1.29 is 14.3 Å². The zero-order valence-electron chi connectivity index (χ0n) is 5.99. The highest BCUT2D eigenvalue weighted by molar-refractivity contribution is 8.85. The van der Waals surface area contributed by atoms with Gasteiger partial charge in [0.1, 0.15) is 6.61 Å². The molecule has 4 nitrogen and oxygen atoms in total. The molecule has 7 heteroatoms. The van der Waals surface area contributed by atoms with Crippen LogP contribution in [0.25, 0.3) is 0 Å². The van der Waals surface area contributed by atoms with E-state index >= 15 is 0 Å². The van der Waals surface area contributed by atoms with Crippen LogP contribution in [0.1, 0.15) is 0 Å². The number of rotatable bonds is 6. The highest BCUT2D eigenvalue weighted by Gasteiger charge is 1.97. The smallest absolute Gasteiger partial charge is 0.282 e. The van der Waals surface area contributed by atoms with Crippen molar-refractivity contribution in [2.45, 2.75) is 0 Å². The Labute approximate surface area is 82.0 Å². The van der Waals surface area contributed by atoms with Gasteiger partial charge in [-0.25, -0.2) is 4.79 Å². The Bertz CT molecular complexity index is 184. The van der Waals surface area contributed by atoms with Gasteiger partial charge in [-0.1, -0.05) is 10.8 Å². The maximum Gasteiger partial charge on any atom is 0.282 e. The number of hydrogen-bond donors (Lipinski definition) is 0. The molecular formula is C5H6ClNO3S2. The molecule has 1 amide bonds. The highest BCUT2D eigenvalue weighted by Crippen LogP contribution is 2.24. The number of isocyanates is 1. The fourth-order valence-corrected chi connectivity index (χ4v) is 1.58. The molecule has 68 valence electrons. The first kappa shape index (κ1) is 12.0. The van der Waals surface area contributed by atoms with E-state index in [1.807, 2.05) is 0 Å². The van der Waals surface area contributed by atoms with Gasteiger partial charge in [0.05, 0.1) is 6.61 Å². The van der Waals surface area contributed by atoms with Crippen molar-refractivity contribution in [3.05, 3.63) is 0 Å². The lowest BCUT2D eigenvalue weighted by molar-refractivity contribution is -0.122. The summed E-state index contributed by atoms with van der Waals surface area (Å²) in [5, 5.41) is 0. The van der Waals surface area contributed by atoms with Crippen molar-refractivity contribution in [3.63, 3.8) is 0 Å². The second-order valence-corrected chi connectivity index (χ2v) is 4.52. The van der Waals surface area contributed by atoms with Gasteiger partial charge in [0.2, 0.25) is 6.08 Å². The van der Waals surface area contributed by atoms with Crippen molar-refractivity contribution in [2.75, 3.05) is 19.0 Å². The molecule has 0 atom stereocenters. The Morgan fingerprint density at radius 2 is 2.42 bits per heavy atom. The predicted molar refractivity (Wildman–Crippen MR) is 49.8 cm³/mol. The Morgan fingerprint density at radius 3 is 3.00 bits per heavy atom. The minimum atomic E-state index is -0.617. The molecule has 0 aliphatic carbocycles. The number of amides is 1. The molecule has 0 aliphatic rings. The molecule has 0 saturated carbocycles. The monoisotopic (exact) mass is 227 g/mol. The van der Waals surface area contributed by atoms with Gasteiger partial charge in [0.25, 0.3) is 5.91 Å². The molecule has 12 heavy (non-hydrogen) atoms. The fourth-order valence-electron chi connectivity index (χ4n) is 0.367. The van der Waals surface area contributed by atoms with Gasteiger partial charge in [-0.05, 0) is 10.7 Å². The van der Waals surface area contributed by atoms with Gasteiger partial charge in [0.15, 0.2) is 0 Å². The van der Waals surface area contributed by atoms with Crippen molar-refractivity contribution in [1.82, 2.24) is 0 Å². The van der Waals surface area contributed by atoms with Crippen molar-refractivity contribution in [2.24, 2.45) is 4.99 Å². The molecule has 0 aromatic rings. The van der Waals surface area contributed by atoms with E-state index in [9.17, 15) is 9.59 Å². The molecule has 0 aromatic heterocycles. The van der Waals surface area contributed by atoms with Crippen LogP contribution >= 0.6 is 31.5 Å². The van der Waals surface area contributed by atoms with Crippen molar-refractivity contribution in [3.8, 4) is 0 Å². The molecule has 0 unspecified atom stereocenters. The molecule has 0 bridgehead atoms. The summed E-state index contributed by atoms with van der Waals surface area (Å²) in [5.74, 6) is 0.0697.